The fraction of sp³-hybridized carbons (Fsp3) is 0.667. The highest BCUT2D eigenvalue weighted by molar-refractivity contribution is 7.89. The zero-order chi connectivity index (χ0) is 17.0. The van der Waals surface area contributed by atoms with E-state index in [0.29, 0.717) is 12.2 Å². The molecule has 0 spiro atoms. The Hall–Kier alpha value is -1.09. The Bertz CT molecular complexity index is 654. The summed E-state index contributed by atoms with van der Waals surface area (Å²) in [5, 5.41) is 5.79. The van der Waals surface area contributed by atoms with Crippen LogP contribution in [0.5, 0.6) is 0 Å². The molecule has 0 radical (unpaired) electrons. The molecular formula is C15H27ClN4O3S. The van der Waals surface area contributed by atoms with Crippen LogP contribution in [-0.2, 0) is 17.1 Å². The van der Waals surface area contributed by atoms with Crippen molar-refractivity contribution >= 4 is 28.3 Å². The molecule has 1 fully saturated rings. The van der Waals surface area contributed by atoms with Crippen LogP contribution in [0.25, 0.3) is 0 Å². The van der Waals surface area contributed by atoms with Crippen LogP contribution in [0.15, 0.2) is 17.2 Å². The largest absolute Gasteiger partial charge is 0.354 e. The summed E-state index contributed by atoms with van der Waals surface area (Å²) >= 11 is 0. The second-order valence-electron chi connectivity index (χ2n) is 5.85. The zero-order valence-electron chi connectivity index (χ0n) is 14.4. The second kappa shape index (κ2) is 8.84. The maximum absolute atomic E-state index is 13.1. The van der Waals surface area contributed by atoms with E-state index in [1.165, 1.54) is 19.3 Å². The lowest BCUT2D eigenvalue weighted by Crippen LogP contribution is -2.46. The monoisotopic (exact) mass is 378 g/mol. The van der Waals surface area contributed by atoms with E-state index in [-0.39, 0.29) is 29.3 Å². The lowest BCUT2D eigenvalue weighted by Gasteiger charge is -2.33. The number of carbonyl (C=O) groups is 1. The molecule has 0 unspecified atom stereocenters. The van der Waals surface area contributed by atoms with E-state index in [1.54, 1.807) is 15.9 Å². The van der Waals surface area contributed by atoms with Crippen LogP contribution >= 0.6 is 12.4 Å². The molecule has 24 heavy (non-hydrogen) atoms. The molecule has 1 amide bonds. The molecule has 0 saturated carbocycles. The first-order valence-corrected chi connectivity index (χ1v) is 9.46. The highest BCUT2D eigenvalue weighted by Crippen LogP contribution is 2.24. The van der Waals surface area contributed by atoms with Crippen LogP contribution in [0.2, 0.25) is 0 Å². The first-order chi connectivity index (χ1) is 10.9. The minimum atomic E-state index is -3.60. The van der Waals surface area contributed by atoms with Gasteiger partial charge in [0, 0.05) is 32.9 Å². The van der Waals surface area contributed by atoms with Gasteiger partial charge in [-0.1, -0.05) is 6.92 Å². The quantitative estimate of drug-likeness (QED) is 0.772. The minimum absolute atomic E-state index is 0. The van der Waals surface area contributed by atoms with E-state index in [1.807, 2.05) is 6.92 Å². The van der Waals surface area contributed by atoms with E-state index in [0.717, 1.165) is 32.4 Å². The van der Waals surface area contributed by atoms with Crippen molar-refractivity contribution in [2.75, 3.05) is 26.7 Å². The molecule has 0 bridgehead atoms. The number of nitrogens with one attached hydrogen (secondary N) is 2. The van der Waals surface area contributed by atoms with Crippen LogP contribution in [0, 0.1) is 0 Å². The number of carbonyl (C=O) groups excluding carboxylic acids is 1. The van der Waals surface area contributed by atoms with Gasteiger partial charge in [-0.15, -0.1) is 12.4 Å². The normalized spacial score (nSPS) is 16.0. The molecule has 0 atom stereocenters. The van der Waals surface area contributed by atoms with Crippen molar-refractivity contribution in [3.8, 4) is 0 Å². The first kappa shape index (κ1) is 21.0. The van der Waals surface area contributed by atoms with Gasteiger partial charge in [0.1, 0.15) is 10.6 Å². The minimum Gasteiger partial charge on any atom is -0.354 e. The molecule has 1 saturated heterocycles. The average Bonchev–Trinajstić information content (AvgIpc) is 2.95. The molecule has 0 aromatic carbocycles. The molecule has 7 nitrogen and oxygen atoms in total. The lowest BCUT2D eigenvalue weighted by atomic mass is 10.1. The molecule has 1 aromatic heterocycles. The zero-order valence-corrected chi connectivity index (χ0v) is 16.0. The van der Waals surface area contributed by atoms with Crippen molar-refractivity contribution in [3.63, 3.8) is 0 Å². The topological polar surface area (TPSA) is 83.4 Å². The van der Waals surface area contributed by atoms with E-state index >= 15 is 0 Å². The number of amides is 1. The molecule has 1 aliphatic rings. The Balaban J connectivity index is 0.00000288. The van der Waals surface area contributed by atoms with Crippen LogP contribution in [-0.4, -0.2) is 55.9 Å². The molecule has 1 aromatic rings. The second-order valence-corrected chi connectivity index (χ2v) is 7.74. The summed E-state index contributed by atoms with van der Waals surface area (Å²) in [5.41, 5.74) is 0.341. The average molecular weight is 379 g/mol. The summed E-state index contributed by atoms with van der Waals surface area (Å²) in [4.78, 5) is 12.0. The number of rotatable bonds is 6. The van der Waals surface area contributed by atoms with Gasteiger partial charge >= 0.3 is 0 Å². The van der Waals surface area contributed by atoms with Crippen molar-refractivity contribution in [1.82, 2.24) is 19.5 Å². The van der Waals surface area contributed by atoms with Crippen LogP contribution < -0.4 is 10.6 Å². The van der Waals surface area contributed by atoms with Gasteiger partial charge in [-0.25, -0.2) is 8.42 Å². The Morgan fingerprint density at radius 2 is 2.04 bits per heavy atom. The summed E-state index contributed by atoms with van der Waals surface area (Å²) in [6, 6.07) is 1.47. The number of piperidine rings is 1. The SMILES string of the molecule is CCCN(C1CCNCC1)S(=O)(=O)c1cc(C(=O)NC)n(C)c1.Cl. The van der Waals surface area contributed by atoms with Gasteiger partial charge in [0.05, 0.1) is 0 Å². The Morgan fingerprint density at radius 3 is 2.58 bits per heavy atom. The first-order valence-electron chi connectivity index (χ1n) is 8.02. The predicted molar refractivity (Wildman–Crippen MR) is 96.1 cm³/mol. The van der Waals surface area contributed by atoms with E-state index in [9.17, 15) is 13.2 Å². The van der Waals surface area contributed by atoms with Crippen molar-refractivity contribution in [1.29, 1.82) is 0 Å². The predicted octanol–water partition coefficient (Wildman–Crippen LogP) is 0.959. The van der Waals surface area contributed by atoms with E-state index in [4.69, 9.17) is 0 Å². The Kier molecular flexibility index (Phi) is 7.72. The fourth-order valence-corrected chi connectivity index (χ4v) is 4.83. The molecule has 1 aliphatic heterocycles. The van der Waals surface area contributed by atoms with E-state index < -0.39 is 10.0 Å². The summed E-state index contributed by atoms with van der Waals surface area (Å²) in [5.74, 6) is -0.294. The lowest BCUT2D eigenvalue weighted by molar-refractivity contribution is 0.0955. The Morgan fingerprint density at radius 1 is 1.42 bits per heavy atom. The third kappa shape index (κ3) is 4.30. The highest BCUT2D eigenvalue weighted by Gasteiger charge is 2.33. The molecule has 2 heterocycles. The highest BCUT2D eigenvalue weighted by atomic mass is 35.5. The summed E-state index contributed by atoms with van der Waals surface area (Å²) < 4.78 is 29.3. The number of hydrogen-bond donors (Lipinski definition) is 2. The van der Waals surface area contributed by atoms with Gasteiger partial charge in [-0.05, 0) is 38.4 Å². The summed E-state index contributed by atoms with van der Waals surface area (Å²) in [6.45, 7) is 4.14. The van der Waals surface area contributed by atoms with Crippen LogP contribution in [0.1, 0.15) is 36.7 Å². The van der Waals surface area contributed by atoms with Crippen LogP contribution in [0.4, 0.5) is 0 Å². The number of nitrogens with zero attached hydrogens (tertiary/aromatic N) is 2. The molecule has 2 N–H and O–H groups in total. The number of aryl methyl sites for hydroxylation is 1. The fourth-order valence-electron chi connectivity index (χ4n) is 2.98. The summed E-state index contributed by atoms with van der Waals surface area (Å²) in [7, 11) is -0.393. The van der Waals surface area contributed by atoms with Crippen molar-refractivity contribution < 1.29 is 13.2 Å². The molecular weight excluding hydrogens is 352 g/mol. The van der Waals surface area contributed by atoms with Gasteiger partial charge in [0.15, 0.2) is 0 Å². The van der Waals surface area contributed by atoms with Gasteiger partial charge in [-0.2, -0.15) is 4.31 Å². The molecule has 138 valence electrons. The Labute approximate surface area is 150 Å². The van der Waals surface area contributed by atoms with Crippen molar-refractivity contribution in [2.45, 2.75) is 37.1 Å². The summed E-state index contributed by atoms with van der Waals surface area (Å²) in [6.07, 6.45) is 3.91. The van der Waals surface area contributed by atoms with Gasteiger partial charge in [0.2, 0.25) is 10.0 Å². The molecule has 0 aliphatic carbocycles. The van der Waals surface area contributed by atoms with Gasteiger partial charge < -0.3 is 15.2 Å². The number of halogens is 1. The van der Waals surface area contributed by atoms with E-state index in [2.05, 4.69) is 10.6 Å². The maximum atomic E-state index is 13.1. The smallest absolute Gasteiger partial charge is 0.267 e. The standard InChI is InChI=1S/C15H26N4O3S.ClH/c1-4-9-19(12-5-7-17-8-6-12)23(21,22)13-10-14(15(20)16-2)18(3)11-13;/h10-12,17H,4-9H2,1-3H3,(H,16,20);1H. The van der Waals surface area contributed by atoms with Gasteiger partial charge in [0.25, 0.3) is 5.91 Å². The third-order valence-corrected chi connectivity index (χ3v) is 6.12. The number of aromatic nitrogens is 1. The molecule has 9 heteroatoms. The third-order valence-electron chi connectivity index (χ3n) is 4.21. The van der Waals surface area contributed by atoms with Crippen LogP contribution in [0.3, 0.4) is 0 Å². The van der Waals surface area contributed by atoms with Crippen molar-refractivity contribution in [2.24, 2.45) is 7.05 Å². The number of sulfonamides is 1. The van der Waals surface area contributed by atoms with Crippen molar-refractivity contribution in [3.05, 3.63) is 18.0 Å². The van der Waals surface area contributed by atoms with Gasteiger partial charge in [-0.3, -0.25) is 4.79 Å². The number of hydrogen-bond acceptors (Lipinski definition) is 4. The maximum Gasteiger partial charge on any atom is 0.267 e. The molecule has 2 rings (SSSR count).